The van der Waals surface area contributed by atoms with E-state index in [0.29, 0.717) is 24.0 Å². The standard InChI is InChI=1S/C22H22N2O4/c25-19-12-6-11-17(19)23-20(26)18(13-14-7-2-1-3-8-14)24-21(27)15-9-4-5-10-16(15)22(24)28/h1-5,7-10,17-19,25H,6,11-13H2,(H,23,26). The van der Waals surface area contributed by atoms with Gasteiger partial charge in [-0.2, -0.15) is 0 Å². The highest BCUT2D eigenvalue weighted by Crippen LogP contribution is 2.27. The van der Waals surface area contributed by atoms with Crippen molar-refractivity contribution in [1.29, 1.82) is 0 Å². The molecule has 3 unspecified atom stereocenters. The van der Waals surface area contributed by atoms with Crippen molar-refractivity contribution in [3.63, 3.8) is 0 Å². The van der Waals surface area contributed by atoms with Gasteiger partial charge in [0.05, 0.1) is 23.3 Å². The predicted octanol–water partition coefficient (Wildman–Crippen LogP) is 1.92. The van der Waals surface area contributed by atoms with Crippen LogP contribution in [0.5, 0.6) is 0 Å². The maximum Gasteiger partial charge on any atom is 0.262 e. The molecule has 2 aromatic rings. The minimum atomic E-state index is -0.970. The zero-order valence-corrected chi connectivity index (χ0v) is 15.4. The molecular formula is C22H22N2O4. The van der Waals surface area contributed by atoms with Crippen LogP contribution >= 0.6 is 0 Å². The van der Waals surface area contributed by atoms with E-state index in [1.54, 1.807) is 24.3 Å². The van der Waals surface area contributed by atoms with Gasteiger partial charge in [0.25, 0.3) is 11.8 Å². The van der Waals surface area contributed by atoms with Crippen molar-refractivity contribution in [2.75, 3.05) is 0 Å². The van der Waals surface area contributed by atoms with E-state index < -0.39 is 29.9 Å². The Bertz CT molecular complexity index is 877. The Labute approximate surface area is 163 Å². The van der Waals surface area contributed by atoms with Crippen LogP contribution in [0.4, 0.5) is 0 Å². The van der Waals surface area contributed by atoms with Crippen LogP contribution < -0.4 is 5.32 Å². The number of carbonyl (C=O) groups excluding carboxylic acids is 3. The fourth-order valence-corrected chi connectivity index (χ4v) is 4.02. The van der Waals surface area contributed by atoms with Gasteiger partial charge in [0.1, 0.15) is 6.04 Å². The number of rotatable bonds is 5. The van der Waals surface area contributed by atoms with Gasteiger partial charge in [-0.3, -0.25) is 19.3 Å². The third-order valence-corrected chi connectivity index (χ3v) is 5.52. The lowest BCUT2D eigenvalue weighted by Crippen LogP contribution is -2.54. The molecule has 1 saturated carbocycles. The van der Waals surface area contributed by atoms with Crippen LogP contribution in [0.1, 0.15) is 45.5 Å². The first kappa shape index (κ1) is 18.4. The minimum Gasteiger partial charge on any atom is -0.391 e. The van der Waals surface area contributed by atoms with E-state index in [0.717, 1.165) is 16.9 Å². The molecule has 0 saturated heterocycles. The van der Waals surface area contributed by atoms with Crippen molar-refractivity contribution < 1.29 is 19.5 Å². The number of aliphatic hydroxyl groups excluding tert-OH is 1. The lowest BCUT2D eigenvalue weighted by molar-refractivity contribution is -0.126. The maximum absolute atomic E-state index is 13.1. The van der Waals surface area contributed by atoms with Crippen LogP contribution in [0.25, 0.3) is 0 Å². The number of hydrogen-bond donors (Lipinski definition) is 2. The van der Waals surface area contributed by atoms with Gasteiger partial charge in [-0.15, -0.1) is 0 Å². The number of amides is 3. The van der Waals surface area contributed by atoms with Crippen LogP contribution in [0.15, 0.2) is 54.6 Å². The van der Waals surface area contributed by atoms with Gasteiger partial charge in [0.15, 0.2) is 0 Å². The summed E-state index contributed by atoms with van der Waals surface area (Å²) >= 11 is 0. The Kier molecular flexibility index (Phi) is 4.96. The number of hydrogen-bond acceptors (Lipinski definition) is 4. The van der Waals surface area contributed by atoms with Crippen molar-refractivity contribution in [3.05, 3.63) is 71.3 Å². The number of carbonyl (C=O) groups is 3. The average molecular weight is 378 g/mol. The lowest BCUT2D eigenvalue weighted by Gasteiger charge is -2.27. The fourth-order valence-electron chi connectivity index (χ4n) is 4.02. The summed E-state index contributed by atoms with van der Waals surface area (Å²) in [5.74, 6) is -1.32. The van der Waals surface area contributed by atoms with Gasteiger partial charge < -0.3 is 10.4 Å². The van der Waals surface area contributed by atoms with E-state index in [-0.39, 0.29) is 12.5 Å². The largest absolute Gasteiger partial charge is 0.391 e. The monoisotopic (exact) mass is 378 g/mol. The highest BCUT2D eigenvalue weighted by molar-refractivity contribution is 6.22. The number of aliphatic hydroxyl groups is 1. The molecule has 1 fully saturated rings. The third kappa shape index (κ3) is 3.31. The first-order chi connectivity index (χ1) is 13.6. The van der Waals surface area contributed by atoms with Crippen molar-refractivity contribution >= 4 is 17.7 Å². The van der Waals surface area contributed by atoms with E-state index in [9.17, 15) is 19.5 Å². The number of imide groups is 1. The summed E-state index contributed by atoms with van der Waals surface area (Å²) in [4.78, 5) is 40.0. The summed E-state index contributed by atoms with van der Waals surface area (Å²) in [5.41, 5.74) is 1.49. The molecule has 28 heavy (non-hydrogen) atoms. The molecule has 2 aromatic carbocycles. The molecule has 1 aliphatic heterocycles. The Morgan fingerprint density at radius 3 is 2.18 bits per heavy atom. The van der Waals surface area contributed by atoms with Crippen LogP contribution in [-0.4, -0.2) is 45.9 Å². The highest BCUT2D eigenvalue weighted by Gasteiger charge is 2.43. The Morgan fingerprint density at radius 1 is 1.00 bits per heavy atom. The quantitative estimate of drug-likeness (QED) is 0.779. The predicted molar refractivity (Wildman–Crippen MR) is 103 cm³/mol. The smallest absolute Gasteiger partial charge is 0.262 e. The van der Waals surface area contributed by atoms with Gasteiger partial charge in [0.2, 0.25) is 5.91 Å². The second-order valence-electron chi connectivity index (χ2n) is 7.34. The molecule has 0 spiro atoms. The van der Waals surface area contributed by atoms with Crippen LogP contribution in [-0.2, 0) is 11.2 Å². The number of benzene rings is 2. The summed E-state index contributed by atoms with van der Waals surface area (Å²) < 4.78 is 0. The molecule has 1 heterocycles. The van der Waals surface area contributed by atoms with E-state index >= 15 is 0 Å². The Balaban J connectivity index is 1.64. The molecule has 1 aliphatic carbocycles. The summed E-state index contributed by atoms with van der Waals surface area (Å²) in [6.45, 7) is 0. The lowest BCUT2D eigenvalue weighted by atomic mass is 10.0. The van der Waals surface area contributed by atoms with Crippen molar-refractivity contribution in [2.24, 2.45) is 0 Å². The molecule has 3 amide bonds. The van der Waals surface area contributed by atoms with Crippen molar-refractivity contribution in [1.82, 2.24) is 10.2 Å². The fraction of sp³-hybridized carbons (Fsp3) is 0.318. The summed E-state index contributed by atoms with van der Waals surface area (Å²) in [6.07, 6.45) is 1.79. The molecule has 0 radical (unpaired) electrons. The molecule has 0 bridgehead atoms. The average Bonchev–Trinajstić information content (AvgIpc) is 3.22. The Morgan fingerprint density at radius 2 is 1.61 bits per heavy atom. The molecule has 2 N–H and O–H groups in total. The van der Waals surface area contributed by atoms with E-state index in [1.807, 2.05) is 30.3 Å². The van der Waals surface area contributed by atoms with Crippen LogP contribution in [0, 0.1) is 0 Å². The van der Waals surface area contributed by atoms with E-state index in [1.165, 1.54) is 0 Å². The van der Waals surface area contributed by atoms with Crippen molar-refractivity contribution in [3.8, 4) is 0 Å². The van der Waals surface area contributed by atoms with Gasteiger partial charge in [0, 0.05) is 6.42 Å². The minimum absolute atomic E-state index is 0.223. The topological polar surface area (TPSA) is 86.7 Å². The van der Waals surface area contributed by atoms with Gasteiger partial charge in [-0.1, -0.05) is 42.5 Å². The SMILES string of the molecule is O=C(NC1CCCC1O)C(Cc1ccccc1)N1C(=O)c2ccccc2C1=O. The Hall–Kier alpha value is -2.99. The third-order valence-electron chi connectivity index (χ3n) is 5.52. The highest BCUT2D eigenvalue weighted by atomic mass is 16.3. The van der Waals surface area contributed by atoms with E-state index in [4.69, 9.17) is 0 Å². The normalized spacial score (nSPS) is 22.2. The second-order valence-corrected chi connectivity index (χ2v) is 7.34. The summed E-state index contributed by atoms with van der Waals surface area (Å²) in [7, 11) is 0. The first-order valence-electron chi connectivity index (χ1n) is 9.55. The first-order valence-corrected chi connectivity index (χ1v) is 9.55. The summed E-state index contributed by atoms with van der Waals surface area (Å²) in [6, 6.07) is 14.6. The molecule has 3 atom stereocenters. The van der Waals surface area contributed by atoms with Gasteiger partial charge in [-0.25, -0.2) is 0 Å². The molecule has 6 heteroatoms. The van der Waals surface area contributed by atoms with Gasteiger partial charge >= 0.3 is 0 Å². The maximum atomic E-state index is 13.1. The van der Waals surface area contributed by atoms with Crippen LogP contribution in [0.3, 0.4) is 0 Å². The zero-order chi connectivity index (χ0) is 19.7. The molecule has 144 valence electrons. The molecular weight excluding hydrogens is 356 g/mol. The number of nitrogens with zero attached hydrogens (tertiary/aromatic N) is 1. The number of fused-ring (bicyclic) bond motifs is 1. The molecule has 6 nitrogen and oxygen atoms in total. The van der Waals surface area contributed by atoms with Gasteiger partial charge in [-0.05, 0) is 37.0 Å². The molecule has 2 aliphatic rings. The zero-order valence-electron chi connectivity index (χ0n) is 15.4. The van der Waals surface area contributed by atoms with Crippen LogP contribution in [0.2, 0.25) is 0 Å². The summed E-state index contributed by atoms with van der Waals surface area (Å²) in [5, 5.41) is 12.9. The van der Waals surface area contributed by atoms with E-state index in [2.05, 4.69) is 5.32 Å². The molecule has 0 aromatic heterocycles. The number of nitrogens with one attached hydrogen (secondary N) is 1. The second kappa shape index (κ2) is 7.56. The molecule has 4 rings (SSSR count). The van der Waals surface area contributed by atoms with Crippen molar-refractivity contribution in [2.45, 2.75) is 43.9 Å².